The van der Waals surface area contributed by atoms with Crippen LogP contribution in [-0.2, 0) is 17.9 Å². The summed E-state index contributed by atoms with van der Waals surface area (Å²) in [7, 11) is 3.19. The van der Waals surface area contributed by atoms with Crippen molar-refractivity contribution >= 4 is 11.7 Å². The number of ether oxygens (including phenoxy) is 3. The Kier molecular flexibility index (Phi) is 6.65. The number of hydrogen-bond donors (Lipinski definition) is 2. The molecule has 0 saturated carbocycles. The molecule has 7 heteroatoms. The number of aromatic nitrogens is 1. The molecule has 0 spiro atoms. The molecule has 0 unspecified atom stereocenters. The summed E-state index contributed by atoms with van der Waals surface area (Å²) in [5.41, 5.74) is 7.79. The highest BCUT2D eigenvalue weighted by molar-refractivity contribution is 5.98. The summed E-state index contributed by atoms with van der Waals surface area (Å²) >= 11 is 0. The first kappa shape index (κ1) is 20.2. The molecule has 0 saturated heterocycles. The molecule has 3 N–H and O–H groups in total. The maximum atomic E-state index is 12.4. The van der Waals surface area contributed by atoms with Gasteiger partial charge in [-0.2, -0.15) is 0 Å². The van der Waals surface area contributed by atoms with Crippen molar-refractivity contribution < 1.29 is 19.0 Å². The number of carbonyl (C=O) groups is 1. The van der Waals surface area contributed by atoms with E-state index < -0.39 is 0 Å². The number of nitrogens with one attached hydrogen (secondary N) is 1. The smallest absolute Gasteiger partial charge is 0.255 e. The Morgan fingerprint density at radius 2 is 1.76 bits per heavy atom. The molecule has 0 aliphatic rings. The molecule has 1 heterocycles. The number of pyridine rings is 1. The molecular formula is C22H23N3O4. The van der Waals surface area contributed by atoms with Crippen molar-refractivity contribution in [2.45, 2.75) is 13.2 Å². The third kappa shape index (κ3) is 5.46. The Bertz CT molecular complexity index is 974. The SMILES string of the molecule is COCc1ccc(C(=O)NCc2cccc(Oc3ccc(OC)cc3)c2)c(N)n1. The van der Waals surface area contributed by atoms with Crippen LogP contribution in [0.4, 0.5) is 5.82 Å². The molecule has 150 valence electrons. The number of carbonyl (C=O) groups excluding carboxylic acids is 1. The fraction of sp³-hybridized carbons (Fsp3) is 0.182. The molecule has 2 aromatic carbocycles. The lowest BCUT2D eigenvalue weighted by atomic mass is 10.2. The van der Waals surface area contributed by atoms with Gasteiger partial charge in [-0.15, -0.1) is 0 Å². The molecule has 29 heavy (non-hydrogen) atoms. The molecule has 0 atom stereocenters. The van der Waals surface area contributed by atoms with Gasteiger partial charge in [0.1, 0.15) is 23.1 Å². The number of nitrogens with zero attached hydrogens (tertiary/aromatic N) is 1. The first-order valence-corrected chi connectivity index (χ1v) is 9.02. The zero-order valence-corrected chi connectivity index (χ0v) is 16.3. The molecule has 0 aliphatic carbocycles. The van der Waals surface area contributed by atoms with E-state index in [1.165, 1.54) is 0 Å². The van der Waals surface area contributed by atoms with Crippen LogP contribution in [0, 0.1) is 0 Å². The van der Waals surface area contributed by atoms with E-state index in [1.807, 2.05) is 48.5 Å². The number of amides is 1. The predicted octanol–water partition coefficient (Wildman–Crippen LogP) is 3.54. The normalized spacial score (nSPS) is 10.4. The van der Waals surface area contributed by atoms with Gasteiger partial charge in [-0.05, 0) is 54.1 Å². The average molecular weight is 393 g/mol. The van der Waals surface area contributed by atoms with Crippen molar-refractivity contribution in [1.29, 1.82) is 0 Å². The zero-order chi connectivity index (χ0) is 20.6. The Balaban J connectivity index is 1.62. The van der Waals surface area contributed by atoms with Crippen LogP contribution >= 0.6 is 0 Å². The Morgan fingerprint density at radius 1 is 1.00 bits per heavy atom. The molecule has 3 aromatic rings. The van der Waals surface area contributed by atoms with Crippen molar-refractivity contribution in [2.24, 2.45) is 0 Å². The van der Waals surface area contributed by atoms with Crippen molar-refractivity contribution in [2.75, 3.05) is 20.0 Å². The topological polar surface area (TPSA) is 95.7 Å². The molecule has 1 aromatic heterocycles. The van der Waals surface area contributed by atoms with Gasteiger partial charge in [0.2, 0.25) is 0 Å². The Labute approximate surface area is 169 Å². The first-order chi connectivity index (χ1) is 14.1. The minimum Gasteiger partial charge on any atom is -0.497 e. The van der Waals surface area contributed by atoms with Crippen LogP contribution in [0.2, 0.25) is 0 Å². The lowest BCUT2D eigenvalue weighted by Gasteiger charge is -2.10. The third-order valence-corrected chi connectivity index (χ3v) is 4.17. The minimum absolute atomic E-state index is 0.175. The van der Waals surface area contributed by atoms with Gasteiger partial charge in [0.25, 0.3) is 5.91 Å². The lowest BCUT2D eigenvalue weighted by Crippen LogP contribution is -2.24. The molecule has 7 nitrogen and oxygen atoms in total. The highest BCUT2D eigenvalue weighted by Gasteiger charge is 2.11. The van der Waals surface area contributed by atoms with Crippen LogP contribution in [0.1, 0.15) is 21.6 Å². The second-order valence-electron chi connectivity index (χ2n) is 6.28. The Hall–Kier alpha value is -3.58. The highest BCUT2D eigenvalue weighted by atomic mass is 16.5. The summed E-state index contributed by atoms with van der Waals surface area (Å²) in [4.78, 5) is 16.6. The molecule has 0 fully saturated rings. The van der Waals surface area contributed by atoms with Crippen molar-refractivity contribution in [3.63, 3.8) is 0 Å². The van der Waals surface area contributed by atoms with Gasteiger partial charge in [-0.1, -0.05) is 12.1 Å². The van der Waals surface area contributed by atoms with Gasteiger partial charge >= 0.3 is 0 Å². The second kappa shape index (κ2) is 9.57. The van der Waals surface area contributed by atoms with Crippen LogP contribution in [0.3, 0.4) is 0 Å². The largest absolute Gasteiger partial charge is 0.497 e. The highest BCUT2D eigenvalue weighted by Crippen LogP contribution is 2.24. The second-order valence-corrected chi connectivity index (χ2v) is 6.28. The quantitative estimate of drug-likeness (QED) is 0.608. The number of benzene rings is 2. The van der Waals surface area contributed by atoms with E-state index in [0.29, 0.717) is 35.9 Å². The monoisotopic (exact) mass is 393 g/mol. The molecule has 0 radical (unpaired) electrons. The number of nitrogens with two attached hydrogens (primary N) is 1. The molecular weight excluding hydrogens is 370 g/mol. The van der Waals surface area contributed by atoms with E-state index in [2.05, 4.69) is 10.3 Å². The average Bonchev–Trinajstić information content (AvgIpc) is 2.73. The Morgan fingerprint density at radius 3 is 2.45 bits per heavy atom. The van der Waals surface area contributed by atoms with Gasteiger partial charge in [0.15, 0.2) is 0 Å². The van der Waals surface area contributed by atoms with E-state index in [1.54, 1.807) is 26.4 Å². The molecule has 3 rings (SSSR count). The predicted molar refractivity (Wildman–Crippen MR) is 110 cm³/mol. The van der Waals surface area contributed by atoms with Gasteiger partial charge < -0.3 is 25.3 Å². The summed E-state index contributed by atoms with van der Waals surface area (Å²) in [6.07, 6.45) is 0. The van der Waals surface area contributed by atoms with Gasteiger partial charge in [-0.3, -0.25) is 4.79 Å². The number of rotatable bonds is 8. The summed E-state index contributed by atoms with van der Waals surface area (Å²) in [5.74, 6) is 2.01. The zero-order valence-electron chi connectivity index (χ0n) is 16.3. The van der Waals surface area contributed by atoms with Gasteiger partial charge in [-0.25, -0.2) is 4.98 Å². The van der Waals surface area contributed by atoms with E-state index in [-0.39, 0.29) is 11.7 Å². The maximum Gasteiger partial charge on any atom is 0.255 e. The summed E-state index contributed by atoms with van der Waals surface area (Å²) in [5, 5.41) is 2.85. The summed E-state index contributed by atoms with van der Waals surface area (Å²) < 4.78 is 16.0. The van der Waals surface area contributed by atoms with Gasteiger partial charge in [0, 0.05) is 13.7 Å². The maximum absolute atomic E-state index is 12.4. The summed E-state index contributed by atoms with van der Waals surface area (Å²) in [6, 6.07) is 18.2. The fourth-order valence-electron chi connectivity index (χ4n) is 2.71. The van der Waals surface area contributed by atoms with E-state index in [0.717, 1.165) is 11.3 Å². The van der Waals surface area contributed by atoms with E-state index >= 15 is 0 Å². The van der Waals surface area contributed by atoms with Crippen molar-refractivity contribution in [3.8, 4) is 17.2 Å². The minimum atomic E-state index is -0.291. The molecule has 0 aliphatic heterocycles. The number of anilines is 1. The first-order valence-electron chi connectivity index (χ1n) is 9.02. The van der Waals surface area contributed by atoms with Crippen LogP contribution in [-0.4, -0.2) is 25.1 Å². The number of methoxy groups -OCH3 is 2. The molecule has 1 amide bonds. The number of hydrogen-bond acceptors (Lipinski definition) is 6. The molecule has 0 bridgehead atoms. The number of nitrogen functional groups attached to an aromatic ring is 1. The van der Waals surface area contributed by atoms with Crippen LogP contribution in [0.15, 0.2) is 60.7 Å². The van der Waals surface area contributed by atoms with E-state index in [4.69, 9.17) is 19.9 Å². The fourth-order valence-corrected chi connectivity index (χ4v) is 2.71. The van der Waals surface area contributed by atoms with Crippen LogP contribution < -0.4 is 20.5 Å². The standard InChI is InChI=1S/C22H23N3O4/c1-27-14-16-6-11-20(21(23)25-16)22(26)24-13-15-4-3-5-19(12-15)29-18-9-7-17(28-2)8-10-18/h3-12H,13-14H2,1-2H3,(H2,23,25)(H,24,26). The van der Waals surface area contributed by atoms with Crippen molar-refractivity contribution in [3.05, 3.63) is 77.5 Å². The lowest BCUT2D eigenvalue weighted by molar-refractivity contribution is 0.0951. The van der Waals surface area contributed by atoms with Crippen LogP contribution in [0.5, 0.6) is 17.2 Å². The summed E-state index contributed by atoms with van der Waals surface area (Å²) in [6.45, 7) is 0.672. The van der Waals surface area contributed by atoms with Crippen LogP contribution in [0.25, 0.3) is 0 Å². The van der Waals surface area contributed by atoms with E-state index in [9.17, 15) is 4.79 Å². The van der Waals surface area contributed by atoms with Crippen molar-refractivity contribution in [1.82, 2.24) is 10.3 Å². The third-order valence-electron chi connectivity index (χ3n) is 4.17. The van der Waals surface area contributed by atoms with Gasteiger partial charge in [0.05, 0.1) is 25.0 Å².